The first-order chi connectivity index (χ1) is 7.16. The van der Waals surface area contributed by atoms with Crippen LogP contribution in [-0.2, 0) is 11.6 Å². The van der Waals surface area contributed by atoms with Crippen LogP contribution in [0.25, 0.3) is 0 Å². The number of alkyl halides is 3. The summed E-state index contributed by atoms with van der Waals surface area (Å²) in [6, 6.07) is 5.72. The van der Waals surface area contributed by atoms with E-state index in [2.05, 4.69) is 0 Å². The Morgan fingerprint density at radius 1 is 1.06 bits per heavy atom. The quantitative estimate of drug-likeness (QED) is 0.715. The minimum atomic E-state index is -4.37. The maximum Gasteiger partial charge on any atom is 0.416 e. The molecule has 4 heteroatoms. The van der Waals surface area contributed by atoms with Crippen LogP contribution in [0.15, 0.2) is 18.2 Å². The van der Waals surface area contributed by atoms with Crippen LogP contribution in [-0.4, -0.2) is 0 Å². The predicted octanol–water partition coefficient (Wildman–Crippen LogP) is 3.82. The Labute approximate surface area is 92.5 Å². The topological polar surface area (TPSA) is 23.8 Å². The maximum atomic E-state index is 12.6. The van der Waals surface area contributed by atoms with E-state index in [1.54, 1.807) is 26.8 Å². The minimum Gasteiger partial charge on any atom is -0.197 e. The van der Waals surface area contributed by atoms with E-state index in [-0.39, 0.29) is 0 Å². The Balaban J connectivity index is 3.36. The van der Waals surface area contributed by atoms with Gasteiger partial charge in [-0.2, -0.15) is 18.4 Å². The lowest BCUT2D eigenvalue weighted by atomic mass is 9.84. The van der Waals surface area contributed by atoms with Crippen molar-refractivity contribution in [2.75, 3.05) is 0 Å². The van der Waals surface area contributed by atoms with E-state index >= 15 is 0 Å². The van der Waals surface area contributed by atoms with Crippen molar-refractivity contribution in [3.05, 3.63) is 34.9 Å². The van der Waals surface area contributed by atoms with Gasteiger partial charge in [0.2, 0.25) is 0 Å². The molecule has 0 aliphatic heterocycles. The van der Waals surface area contributed by atoms with Gasteiger partial charge in [0.05, 0.1) is 17.0 Å². The first-order valence-corrected chi connectivity index (χ1v) is 4.77. The van der Waals surface area contributed by atoms with Crippen LogP contribution in [0.5, 0.6) is 0 Å². The Kier molecular flexibility index (Phi) is 3.00. The number of hydrogen-bond donors (Lipinski definition) is 0. The Hall–Kier alpha value is -1.50. The minimum absolute atomic E-state index is 0.391. The van der Waals surface area contributed by atoms with Gasteiger partial charge < -0.3 is 0 Å². The van der Waals surface area contributed by atoms with E-state index in [1.165, 1.54) is 0 Å². The molecule has 1 aromatic rings. The molecule has 0 aliphatic carbocycles. The fourth-order valence-corrected chi connectivity index (χ4v) is 1.37. The third-order valence-electron chi connectivity index (χ3n) is 2.41. The van der Waals surface area contributed by atoms with E-state index in [4.69, 9.17) is 5.26 Å². The zero-order valence-corrected chi connectivity index (χ0v) is 9.31. The molecule has 0 fully saturated rings. The highest BCUT2D eigenvalue weighted by Crippen LogP contribution is 2.33. The van der Waals surface area contributed by atoms with Crippen LogP contribution in [0.1, 0.15) is 30.5 Å². The number of aryl methyl sites for hydroxylation is 1. The SMILES string of the molecule is Cc1cc(C(F)(F)F)cc(C(C)(C)C#N)c1. The highest BCUT2D eigenvalue weighted by molar-refractivity contribution is 5.38. The fourth-order valence-electron chi connectivity index (χ4n) is 1.37. The predicted molar refractivity (Wildman–Crippen MR) is 54.8 cm³/mol. The normalized spacial score (nSPS) is 12.3. The highest BCUT2D eigenvalue weighted by atomic mass is 19.4. The van der Waals surface area contributed by atoms with E-state index in [9.17, 15) is 13.2 Å². The average Bonchev–Trinajstić information content (AvgIpc) is 2.15. The monoisotopic (exact) mass is 227 g/mol. The van der Waals surface area contributed by atoms with Gasteiger partial charge in [-0.1, -0.05) is 11.6 Å². The first-order valence-electron chi connectivity index (χ1n) is 4.77. The van der Waals surface area contributed by atoms with E-state index < -0.39 is 17.2 Å². The van der Waals surface area contributed by atoms with Crippen molar-refractivity contribution < 1.29 is 13.2 Å². The Bertz CT molecular complexity index is 439. The number of rotatable bonds is 1. The van der Waals surface area contributed by atoms with Gasteiger partial charge in [-0.3, -0.25) is 0 Å². The van der Waals surface area contributed by atoms with Crippen LogP contribution in [0.4, 0.5) is 13.2 Å². The molecular weight excluding hydrogens is 215 g/mol. The molecule has 0 saturated carbocycles. The molecule has 0 bridgehead atoms. The number of hydrogen-bond acceptors (Lipinski definition) is 1. The third kappa shape index (κ3) is 2.54. The zero-order valence-electron chi connectivity index (χ0n) is 9.31. The molecule has 0 N–H and O–H groups in total. The van der Waals surface area contributed by atoms with Gasteiger partial charge in [-0.25, -0.2) is 0 Å². The molecule has 0 heterocycles. The molecule has 1 rings (SSSR count). The van der Waals surface area contributed by atoms with Crippen molar-refractivity contribution in [1.82, 2.24) is 0 Å². The standard InChI is InChI=1S/C12H12F3N/c1-8-4-9(11(2,3)7-16)6-10(5-8)12(13,14)15/h4-6H,1-3H3. The molecule has 0 atom stereocenters. The molecule has 0 aliphatic rings. The Morgan fingerprint density at radius 2 is 1.56 bits per heavy atom. The molecule has 1 nitrogen and oxygen atoms in total. The van der Waals surface area contributed by atoms with E-state index in [1.807, 2.05) is 6.07 Å². The second-order valence-corrected chi connectivity index (χ2v) is 4.32. The molecule has 0 radical (unpaired) electrons. The van der Waals surface area contributed by atoms with Crippen LogP contribution < -0.4 is 0 Å². The number of nitriles is 1. The van der Waals surface area contributed by atoms with Crippen molar-refractivity contribution in [2.45, 2.75) is 32.4 Å². The smallest absolute Gasteiger partial charge is 0.197 e. The van der Waals surface area contributed by atoms with Crippen LogP contribution in [0, 0.1) is 18.3 Å². The van der Waals surface area contributed by atoms with Crippen LogP contribution in [0.3, 0.4) is 0 Å². The molecule has 0 unspecified atom stereocenters. The summed E-state index contributed by atoms with van der Waals surface area (Å²) < 4.78 is 37.7. The summed E-state index contributed by atoms with van der Waals surface area (Å²) >= 11 is 0. The lowest BCUT2D eigenvalue weighted by Gasteiger charge is -2.18. The maximum absolute atomic E-state index is 12.6. The van der Waals surface area contributed by atoms with E-state index in [0.717, 1.165) is 12.1 Å². The lowest BCUT2D eigenvalue weighted by Crippen LogP contribution is -2.16. The summed E-state index contributed by atoms with van der Waals surface area (Å²) in [4.78, 5) is 0. The molecule has 1 aromatic carbocycles. The molecule has 0 aromatic heterocycles. The van der Waals surface area contributed by atoms with Gasteiger partial charge in [0.15, 0.2) is 0 Å². The van der Waals surface area contributed by atoms with Crippen molar-refractivity contribution >= 4 is 0 Å². The summed E-state index contributed by atoms with van der Waals surface area (Å²) in [6.07, 6.45) is -4.37. The number of benzene rings is 1. The van der Waals surface area contributed by atoms with Crippen LogP contribution >= 0.6 is 0 Å². The van der Waals surface area contributed by atoms with E-state index in [0.29, 0.717) is 11.1 Å². The summed E-state index contributed by atoms with van der Waals surface area (Å²) in [6.45, 7) is 4.79. The van der Waals surface area contributed by atoms with Crippen molar-refractivity contribution in [2.24, 2.45) is 0 Å². The largest absolute Gasteiger partial charge is 0.416 e. The summed E-state index contributed by atoms with van der Waals surface area (Å²) in [5, 5.41) is 8.90. The van der Waals surface area contributed by atoms with Gasteiger partial charge in [-0.15, -0.1) is 0 Å². The summed E-state index contributed by atoms with van der Waals surface area (Å²) in [5.74, 6) is 0. The van der Waals surface area contributed by atoms with Gasteiger partial charge in [0, 0.05) is 0 Å². The van der Waals surface area contributed by atoms with Gasteiger partial charge in [0.25, 0.3) is 0 Å². The lowest BCUT2D eigenvalue weighted by molar-refractivity contribution is -0.137. The van der Waals surface area contributed by atoms with Crippen molar-refractivity contribution in [3.8, 4) is 6.07 Å². The van der Waals surface area contributed by atoms with Gasteiger partial charge in [-0.05, 0) is 38.5 Å². The molecule has 0 amide bonds. The molecule has 86 valence electrons. The zero-order chi connectivity index (χ0) is 12.6. The summed E-state index contributed by atoms with van der Waals surface area (Å²) in [5.41, 5.74) is -0.715. The molecule has 0 saturated heterocycles. The average molecular weight is 227 g/mol. The third-order valence-corrected chi connectivity index (χ3v) is 2.41. The second kappa shape index (κ2) is 3.82. The van der Waals surface area contributed by atoms with Gasteiger partial charge in [0.1, 0.15) is 0 Å². The second-order valence-electron chi connectivity index (χ2n) is 4.32. The number of nitrogens with zero attached hydrogens (tertiary/aromatic N) is 1. The van der Waals surface area contributed by atoms with Crippen molar-refractivity contribution in [1.29, 1.82) is 5.26 Å². The molecular formula is C12H12F3N. The number of halogens is 3. The van der Waals surface area contributed by atoms with Crippen molar-refractivity contribution in [3.63, 3.8) is 0 Å². The molecule has 16 heavy (non-hydrogen) atoms. The summed E-state index contributed by atoms with van der Waals surface area (Å²) in [7, 11) is 0. The Morgan fingerprint density at radius 3 is 2.00 bits per heavy atom. The molecule has 0 spiro atoms. The fraction of sp³-hybridized carbons (Fsp3) is 0.417. The highest BCUT2D eigenvalue weighted by Gasteiger charge is 2.32. The first kappa shape index (κ1) is 12.6. The van der Waals surface area contributed by atoms with Crippen LogP contribution in [0.2, 0.25) is 0 Å². The van der Waals surface area contributed by atoms with Gasteiger partial charge >= 0.3 is 6.18 Å².